The van der Waals surface area contributed by atoms with Crippen LogP contribution in [0, 0.1) is 0 Å². The van der Waals surface area contributed by atoms with Gasteiger partial charge in [-0.1, -0.05) is 6.07 Å². The molecule has 6 heteroatoms. The van der Waals surface area contributed by atoms with E-state index in [2.05, 4.69) is 5.32 Å². The monoisotopic (exact) mass is 288 g/mol. The van der Waals surface area contributed by atoms with Crippen molar-refractivity contribution in [2.75, 3.05) is 18.5 Å². The first-order valence-electron chi connectivity index (χ1n) is 7.05. The Morgan fingerprint density at radius 1 is 1.43 bits per heavy atom. The molecule has 2 heterocycles. The molecule has 1 aromatic carbocycles. The van der Waals surface area contributed by atoms with Crippen molar-refractivity contribution >= 4 is 23.5 Å². The van der Waals surface area contributed by atoms with E-state index in [4.69, 9.17) is 4.74 Å². The molecule has 1 N–H and O–H groups in total. The highest BCUT2D eigenvalue weighted by Gasteiger charge is 2.40. The van der Waals surface area contributed by atoms with Crippen LogP contribution in [0.25, 0.3) is 0 Å². The third kappa shape index (κ3) is 2.16. The van der Waals surface area contributed by atoms with Crippen LogP contribution in [0.2, 0.25) is 0 Å². The Balaban J connectivity index is 2.11. The zero-order chi connectivity index (χ0) is 15.0. The predicted molar refractivity (Wildman–Crippen MR) is 75.1 cm³/mol. The molecule has 0 saturated carbocycles. The lowest BCUT2D eigenvalue weighted by molar-refractivity contribution is -0.119. The van der Waals surface area contributed by atoms with Gasteiger partial charge in [0.25, 0.3) is 5.91 Å². The quantitative estimate of drug-likeness (QED) is 0.835. The van der Waals surface area contributed by atoms with Gasteiger partial charge in [0.1, 0.15) is 6.04 Å². The molecule has 110 valence electrons. The third-order valence-corrected chi connectivity index (χ3v) is 3.85. The van der Waals surface area contributed by atoms with Crippen molar-refractivity contribution in [3.05, 3.63) is 29.3 Å². The summed E-state index contributed by atoms with van der Waals surface area (Å²) < 4.78 is 5.00. The van der Waals surface area contributed by atoms with Gasteiger partial charge in [-0.2, -0.15) is 0 Å². The second kappa shape index (κ2) is 5.20. The number of carbonyl (C=O) groups is 3. The Morgan fingerprint density at radius 2 is 2.24 bits per heavy atom. The molecule has 0 aromatic heterocycles. The van der Waals surface area contributed by atoms with E-state index < -0.39 is 12.0 Å². The van der Waals surface area contributed by atoms with Crippen molar-refractivity contribution in [3.63, 3.8) is 0 Å². The van der Waals surface area contributed by atoms with Crippen LogP contribution < -0.4 is 5.32 Å². The fourth-order valence-electron chi connectivity index (χ4n) is 2.91. The molecule has 2 aliphatic rings. The van der Waals surface area contributed by atoms with Crippen LogP contribution in [-0.4, -0.2) is 41.9 Å². The van der Waals surface area contributed by atoms with Gasteiger partial charge in [0.05, 0.1) is 23.4 Å². The van der Waals surface area contributed by atoms with Gasteiger partial charge in [0.15, 0.2) is 0 Å². The molecule has 0 aliphatic carbocycles. The van der Waals surface area contributed by atoms with Crippen molar-refractivity contribution in [2.24, 2.45) is 0 Å². The molecule has 0 bridgehead atoms. The lowest BCUT2D eigenvalue weighted by Gasteiger charge is -2.20. The van der Waals surface area contributed by atoms with Crippen molar-refractivity contribution in [1.82, 2.24) is 4.90 Å². The summed E-state index contributed by atoms with van der Waals surface area (Å²) in [5.41, 5.74) is 0.811. The fraction of sp³-hybridized carbons (Fsp3) is 0.400. The van der Waals surface area contributed by atoms with Gasteiger partial charge in [-0.05, 0) is 31.9 Å². The lowest BCUT2D eigenvalue weighted by atomic mass is 10.0. The molecule has 0 radical (unpaired) electrons. The van der Waals surface area contributed by atoms with E-state index in [0.717, 1.165) is 6.42 Å². The van der Waals surface area contributed by atoms with Gasteiger partial charge in [-0.25, -0.2) is 4.79 Å². The molecule has 21 heavy (non-hydrogen) atoms. The van der Waals surface area contributed by atoms with Crippen LogP contribution in [0.3, 0.4) is 0 Å². The van der Waals surface area contributed by atoms with Gasteiger partial charge in [0.2, 0.25) is 5.91 Å². The molecule has 2 amide bonds. The van der Waals surface area contributed by atoms with E-state index in [-0.39, 0.29) is 29.5 Å². The molecule has 3 rings (SSSR count). The number of nitrogens with one attached hydrogen (secondary N) is 1. The Morgan fingerprint density at radius 3 is 3.00 bits per heavy atom. The molecule has 0 spiro atoms. The number of amides is 2. The summed E-state index contributed by atoms with van der Waals surface area (Å²) in [4.78, 5) is 38.5. The van der Waals surface area contributed by atoms with E-state index >= 15 is 0 Å². The number of hydrogen-bond acceptors (Lipinski definition) is 4. The maximum absolute atomic E-state index is 12.7. The molecule has 1 fully saturated rings. The van der Waals surface area contributed by atoms with Crippen LogP contribution in [0.5, 0.6) is 0 Å². The number of rotatable bonds is 2. The van der Waals surface area contributed by atoms with Crippen LogP contribution in [0.4, 0.5) is 5.69 Å². The van der Waals surface area contributed by atoms with E-state index in [1.165, 1.54) is 0 Å². The summed E-state index contributed by atoms with van der Waals surface area (Å²) in [6, 6.07) is 4.38. The van der Waals surface area contributed by atoms with Crippen molar-refractivity contribution < 1.29 is 19.1 Å². The molecule has 2 aliphatic heterocycles. The van der Waals surface area contributed by atoms with Gasteiger partial charge >= 0.3 is 5.97 Å². The molecule has 1 saturated heterocycles. The average molecular weight is 288 g/mol. The van der Waals surface area contributed by atoms with Gasteiger partial charge < -0.3 is 15.0 Å². The smallest absolute Gasteiger partial charge is 0.339 e. The van der Waals surface area contributed by atoms with Crippen molar-refractivity contribution in [2.45, 2.75) is 25.8 Å². The van der Waals surface area contributed by atoms with Crippen LogP contribution in [-0.2, 0) is 9.53 Å². The molecular weight excluding hydrogens is 272 g/mol. The van der Waals surface area contributed by atoms with Gasteiger partial charge in [-0.3, -0.25) is 9.59 Å². The topological polar surface area (TPSA) is 75.7 Å². The highest BCUT2D eigenvalue weighted by molar-refractivity contribution is 6.15. The van der Waals surface area contributed by atoms with Gasteiger partial charge in [0, 0.05) is 6.54 Å². The Kier molecular flexibility index (Phi) is 3.37. The summed E-state index contributed by atoms with van der Waals surface area (Å²) in [7, 11) is 0. The SMILES string of the molecule is CCOC(=O)c1cccc2c1C(=O)N1CCC[C@H]1C(=O)N2. The number of anilines is 1. The Labute approximate surface area is 122 Å². The molecule has 1 atom stereocenters. The minimum absolute atomic E-state index is 0.194. The molecular formula is C15H16N2O4. The lowest BCUT2D eigenvalue weighted by Crippen LogP contribution is -2.40. The highest BCUT2D eigenvalue weighted by Crippen LogP contribution is 2.31. The van der Waals surface area contributed by atoms with E-state index in [1.54, 1.807) is 30.0 Å². The summed E-state index contributed by atoms with van der Waals surface area (Å²) in [5, 5.41) is 2.75. The largest absolute Gasteiger partial charge is 0.462 e. The Bertz CT molecular complexity index is 626. The number of benzene rings is 1. The van der Waals surface area contributed by atoms with Gasteiger partial charge in [-0.15, -0.1) is 0 Å². The van der Waals surface area contributed by atoms with E-state index in [1.807, 2.05) is 0 Å². The first-order chi connectivity index (χ1) is 10.1. The number of esters is 1. The zero-order valence-electron chi connectivity index (χ0n) is 11.7. The molecule has 6 nitrogen and oxygen atoms in total. The third-order valence-electron chi connectivity index (χ3n) is 3.85. The summed E-state index contributed by atoms with van der Waals surface area (Å²) in [5.74, 6) is -1.02. The summed E-state index contributed by atoms with van der Waals surface area (Å²) in [6.07, 6.45) is 1.45. The first-order valence-corrected chi connectivity index (χ1v) is 7.05. The zero-order valence-corrected chi connectivity index (χ0v) is 11.7. The number of hydrogen-bond donors (Lipinski definition) is 1. The maximum Gasteiger partial charge on any atom is 0.339 e. The number of ether oxygens (including phenoxy) is 1. The van der Waals surface area contributed by atoms with Crippen LogP contribution in [0.1, 0.15) is 40.5 Å². The second-order valence-electron chi connectivity index (χ2n) is 5.09. The van der Waals surface area contributed by atoms with Crippen LogP contribution >= 0.6 is 0 Å². The van der Waals surface area contributed by atoms with E-state index in [0.29, 0.717) is 18.7 Å². The van der Waals surface area contributed by atoms with Crippen LogP contribution in [0.15, 0.2) is 18.2 Å². The number of fused-ring (bicyclic) bond motifs is 2. The first kappa shape index (κ1) is 13.6. The van der Waals surface area contributed by atoms with Crippen molar-refractivity contribution in [3.8, 4) is 0 Å². The van der Waals surface area contributed by atoms with Crippen molar-refractivity contribution in [1.29, 1.82) is 0 Å². The van der Waals surface area contributed by atoms with E-state index in [9.17, 15) is 14.4 Å². The molecule has 1 aromatic rings. The standard InChI is InChI=1S/C15H16N2O4/c1-2-21-15(20)9-5-3-6-10-12(9)14(19)17-8-4-7-11(17)13(18)16-10/h3,5-6,11H,2,4,7-8H2,1H3,(H,16,18)/t11-/m0/s1. The highest BCUT2D eigenvalue weighted by atomic mass is 16.5. The predicted octanol–water partition coefficient (Wildman–Crippen LogP) is 1.42. The minimum Gasteiger partial charge on any atom is -0.462 e. The Hall–Kier alpha value is -2.37. The maximum atomic E-state index is 12.7. The minimum atomic E-state index is -0.547. The normalized spacial score (nSPS) is 20.4. The fourth-order valence-corrected chi connectivity index (χ4v) is 2.91. The summed E-state index contributed by atoms with van der Waals surface area (Å²) >= 11 is 0. The average Bonchev–Trinajstić information content (AvgIpc) is 2.92. The second-order valence-corrected chi connectivity index (χ2v) is 5.09. The molecule has 0 unspecified atom stereocenters. The number of carbonyl (C=O) groups excluding carboxylic acids is 3. The summed E-state index contributed by atoms with van der Waals surface area (Å²) in [6.45, 7) is 2.47. The number of nitrogens with zero attached hydrogens (tertiary/aromatic N) is 1.